The third-order valence-electron chi connectivity index (χ3n) is 22.5. The largest absolute Gasteiger partial charge is 0.496 e. The Balaban J connectivity index is 0.000000135. The summed E-state index contributed by atoms with van der Waals surface area (Å²) in [6, 6.07) is 74.1. The summed E-state index contributed by atoms with van der Waals surface area (Å²) < 4.78 is 69.9. The number of alkyl halides is 4. The summed E-state index contributed by atoms with van der Waals surface area (Å²) in [5, 5.41) is 30.6. The van der Waals surface area contributed by atoms with Gasteiger partial charge in [0.05, 0.1) is 33.3 Å². The summed E-state index contributed by atoms with van der Waals surface area (Å²) in [6.07, 6.45) is 1.55. The lowest BCUT2D eigenvalue weighted by Gasteiger charge is -2.32. The zero-order valence-corrected chi connectivity index (χ0v) is 89.6. The number of hydrogen-bond donors (Lipinski definition) is 2. The van der Waals surface area contributed by atoms with E-state index in [1.54, 1.807) is 53.5 Å². The molecular formula is C101H87BBr4Cl8F4N22O2. The number of nitrogens with one attached hydrogen (secondary N) is 1. The van der Waals surface area contributed by atoms with Gasteiger partial charge >= 0.3 is 7.12 Å². The van der Waals surface area contributed by atoms with Crippen molar-refractivity contribution in [2.24, 2.45) is 15.9 Å². The Hall–Kier alpha value is -11.1. The van der Waals surface area contributed by atoms with E-state index < -0.39 is 31.2 Å². The number of halogens is 16. The quantitative estimate of drug-likeness (QED) is 0.0214. The molecule has 0 atom stereocenters. The normalized spacial score (nSPS) is 13.0. The Morgan fingerprint density at radius 3 is 1.34 bits per heavy atom. The average molecular weight is 2330 g/mol. The van der Waals surface area contributed by atoms with Crippen molar-refractivity contribution in [3.63, 3.8) is 0 Å². The van der Waals surface area contributed by atoms with E-state index in [-0.39, 0.29) is 22.0 Å². The highest BCUT2D eigenvalue weighted by molar-refractivity contribution is 9.11. The van der Waals surface area contributed by atoms with Crippen LogP contribution in [0.2, 0.25) is 40.8 Å². The van der Waals surface area contributed by atoms with Crippen LogP contribution in [0, 0.1) is 0 Å². The maximum Gasteiger partial charge on any atom is 0.496 e. The molecule has 0 aliphatic carbocycles. The van der Waals surface area contributed by atoms with Crippen LogP contribution < -0.4 is 36.2 Å². The number of fused-ring (bicyclic) bond motifs is 9. The number of hydrogen-bond acceptors (Lipinski definition) is 21. The third kappa shape index (κ3) is 26.2. The molecular weight excluding hydrogens is 2240 g/mol. The zero-order chi connectivity index (χ0) is 101. The average Bonchev–Trinajstić information content (AvgIpc) is 1.46. The first-order chi connectivity index (χ1) is 68.1. The molecule has 41 heteroatoms. The van der Waals surface area contributed by atoms with Gasteiger partial charge in [0, 0.05) is 161 Å². The smallest absolute Gasteiger partial charge is 0.399 e. The van der Waals surface area contributed by atoms with Gasteiger partial charge in [0.15, 0.2) is 5.84 Å². The lowest BCUT2D eigenvalue weighted by atomic mass is 9.80. The maximum absolute atomic E-state index is 12.8. The van der Waals surface area contributed by atoms with Crippen molar-refractivity contribution in [3.8, 4) is 11.1 Å². The summed E-state index contributed by atoms with van der Waals surface area (Å²) in [5.41, 5.74) is 11.4. The van der Waals surface area contributed by atoms with Crippen LogP contribution in [-0.4, -0.2) is 132 Å². The van der Waals surface area contributed by atoms with E-state index in [9.17, 15) is 17.6 Å². The van der Waals surface area contributed by atoms with E-state index in [1.165, 1.54) is 24.5 Å². The number of aromatic nitrogens is 14. The van der Waals surface area contributed by atoms with Crippen LogP contribution in [0.15, 0.2) is 290 Å². The van der Waals surface area contributed by atoms with Crippen molar-refractivity contribution in [1.29, 1.82) is 0 Å². The minimum atomic E-state index is -2.59. The first-order valence-electron chi connectivity index (χ1n) is 44.1. The van der Waals surface area contributed by atoms with Crippen LogP contribution in [0.25, 0.3) is 66.3 Å². The van der Waals surface area contributed by atoms with Gasteiger partial charge in [0.1, 0.15) is 52.5 Å². The van der Waals surface area contributed by atoms with Crippen molar-refractivity contribution in [1.82, 2.24) is 69.1 Å². The summed E-state index contributed by atoms with van der Waals surface area (Å²) in [7, 11) is -0.561. The molecule has 1 fully saturated rings. The van der Waals surface area contributed by atoms with Gasteiger partial charge in [-0.1, -0.05) is 182 Å². The van der Waals surface area contributed by atoms with Crippen LogP contribution in [0.4, 0.5) is 63.5 Å². The molecule has 0 radical (unpaired) electrons. The molecule has 142 heavy (non-hydrogen) atoms. The lowest BCUT2D eigenvalue weighted by molar-refractivity contribution is 0.00578. The van der Waals surface area contributed by atoms with E-state index in [2.05, 4.69) is 207 Å². The molecule has 3 N–H and O–H groups in total. The predicted molar refractivity (Wildman–Crippen MR) is 585 cm³/mol. The van der Waals surface area contributed by atoms with Gasteiger partial charge in [-0.05, 0) is 285 Å². The van der Waals surface area contributed by atoms with Gasteiger partial charge in [-0.2, -0.15) is 20.1 Å². The van der Waals surface area contributed by atoms with Gasteiger partial charge in [-0.3, -0.25) is 18.8 Å². The Morgan fingerprint density at radius 1 is 0.444 bits per heavy atom. The molecule has 8 aromatic heterocycles. The van der Waals surface area contributed by atoms with Gasteiger partial charge in [0.2, 0.25) is 10.6 Å². The number of amidine groups is 2. The Morgan fingerprint density at radius 2 is 0.873 bits per heavy atom. The maximum atomic E-state index is 12.8. The molecule has 10 heterocycles. The molecule has 0 amide bonds. The number of benzene rings is 10. The lowest BCUT2D eigenvalue weighted by Crippen LogP contribution is -2.41. The Labute approximate surface area is 890 Å². The number of hydrazone groups is 1. The van der Waals surface area contributed by atoms with E-state index in [4.69, 9.17) is 118 Å². The highest BCUT2D eigenvalue weighted by atomic mass is 79.9. The number of rotatable bonds is 17. The number of aliphatic imine (C=N–C) groups is 1. The van der Waals surface area contributed by atoms with Crippen molar-refractivity contribution in [2.45, 2.75) is 92.8 Å². The summed E-state index contributed by atoms with van der Waals surface area (Å²) >= 11 is 61.9. The monoisotopic (exact) mass is 2320 g/mol. The molecule has 728 valence electrons. The van der Waals surface area contributed by atoms with Crippen LogP contribution in [0.5, 0.6) is 0 Å². The first kappa shape index (κ1) is 107. The highest BCUT2D eigenvalue weighted by Gasteiger charge is 2.52. The molecule has 0 spiro atoms. The van der Waals surface area contributed by atoms with Gasteiger partial charge in [0.25, 0.3) is 24.4 Å². The zero-order valence-electron chi connectivity index (χ0n) is 77.2. The standard InChI is InChI=1S/C23H17ClF2N6.C17H13BrClN5.C17H16BrClN4.C16H12BrCl2N3.C12H16BF2NO2.C8H10BrN.C8H3Cl3N2/c1-2-31(17-5-3-4-14(10-17)15-6-9-19(21(25)26)27-12-15)22-18-8-7-16(24)11-20(18)32-13-28-30-23(32)29-22;1-2-23(13-5-3-4-11(18)8-13)16-14-7-6-12(19)9-15(14)24-10-20-22-17(24)21-16;1-2-23(14-5-3-4-12(18)10-14)17-15-7-6-13(19)8-11(15)9-16(21-17)22-20;1-2-22(12-5-3-4-10(17)8-12)15-13-7-6-11(18)9-14(13)20-16(19)21-15;1-11(2)12(3,4)18-13(17-11)8-5-6-9(10(14)15)16-7-8;1-2-10-8-5-3-4-7(9)6-8;9-4-1-2-5-6(3-4)12-8(11)13-7(5)10/h3-13,21H,2H2,1H3;3-10H,2H2,1H3;3-8,10H,2,9,20H2,1H3;3-9H,2H2,1H3;5-7,10H,1-4H3;3-6,10H,2H2,1H3;1-3H/b;;22-16+;;;;. The minimum absolute atomic E-state index is 0.125. The molecule has 0 bridgehead atoms. The molecule has 18 aromatic rings. The second-order valence-corrected chi connectivity index (χ2v) is 39.1. The molecule has 10 aromatic carbocycles. The van der Waals surface area contributed by atoms with Gasteiger partial charge < -0.3 is 40.1 Å². The first-order valence-corrected chi connectivity index (χ1v) is 50.3. The fraction of sp³-hybridized carbons (Fsp3) is 0.188. The van der Waals surface area contributed by atoms with E-state index in [0.29, 0.717) is 71.6 Å². The SMILES string of the molecule is CC1(C)OB(c2ccc(C(F)F)nc2)OC1(C)C.CCN(C1=N/C(=N/N)Cc2cc(Cl)ccc21)c1cccc(Br)c1.CCN(c1cccc(-c2ccc(C(F)F)nc2)c1)c1nc2nncn2c2cc(Cl)ccc12.CCN(c1cccc(Br)c1)c1nc(Cl)nc2cc(Cl)ccc12.CCN(c1cccc(Br)c1)c1nc2nncn2c2cc(Cl)ccc12.CCNc1cccc(Br)c1.Clc1ccc2c(Cl)nc(Cl)nc2c1. The minimum Gasteiger partial charge on any atom is -0.399 e. The molecule has 2 aliphatic rings. The topological polar surface area (TPSA) is 258 Å². The second-order valence-electron chi connectivity index (χ2n) is 32.3. The van der Waals surface area contributed by atoms with Crippen LogP contribution in [0.1, 0.15) is 97.7 Å². The van der Waals surface area contributed by atoms with E-state index in [0.717, 1.165) is 156 Å². The highest BCUT2D eigenvalue weighted by Crippen LogP contribution is 2.41. The van der Waals surface area contributed by atoms with E-state index in [1.807, 2.05) is 197 Å². The van der Waals surface area contributed by atoms with Gasteiger partial charge in [-0.15, -0.1) is 20.4 Å². The van der Waals surface area contributed by atoms with Crippen LogP contribution in [-0.2, 0) is 15.7 Å². The van der Waals surface area contributed by atoms with Crippen LogP contribution in [0.3, 0.4) is 0 Å². The number of nitrogens with two attached hydrogens (primary N) is 1. The molecule has 24 nitrogen and oxygen atoms in total. The van der Waals surface area contributed by atoms with Crippen molar-refractivity contribution < 1.29 is 26.9 Å². The summed E-state index contributed by atoms with van der Waals surface area (Å²) in [5.74, 6) is 10.3. The van der Waals surface area contributed by atoms with Crippen molar-refractivity contribution in [2.75, 3.05) is 57.6 Å². The molecule has 1 saturated heterocycles. The molecule has 0 saturated carbocycles. The summed E-state index contributed by atoms with van der Waals surface area (Å²) in [6.45, 7) is 22.0. The molecule has 2 aliphatic heterocycles. The number of nitrogens with zero attached hydrogens (tertiary/aromatic N) is 20. The van der Waals surface area contributed by atoms with Crippen LogP contribution >= 0.6 is 157 Å². The fourth-order valence-corrected chi connectivity index (χ4v) is 18.2. The summed E-state index contributed by atoms with van der Waals surface area (Å²) in [4.78, 5) is 46.6. The third-order valence-corrected chi connectivity index (χ3v) is 26.3. The second kappa shape index (κ2) is 48.5. The number of pyridine rings is 2. The molecule has 0 unspecified atom stereocenters. The molecule has 20 rings (SSSR count). The van der Waals surface area contributed by atoms with Crippen molar-refractivity contribution in [3.05, 3.63) is 343 Å². The Bertz CT molecular complexity index is 7580. The van der Waals surface area contributed by atoms with Gasteiger partial charge in [-0.25, -0.2) is 37.5 Å². The van der Waals surface area contributed by atoms with Crippen molar-refractivity contribution >= 4 is 282 Å². The number of anilines is 8. The Kier molecular flexibility index (Phi) is 36.4. The predicted octanol–water partition coefficient (Wildman–Crippen LogP) is 29.8. The van der Waals surface area contributed by atoms with E-state index >= 15 is 0 Å². The fourth-order valence-electron chi connectivity index (χ4n) is 15.1.